The summed E-state index contributed by atoms with van der Waals surface area (Å²) in [5, 5.41) is 3.61. The zero-order valence-electron chi connectivity index (χ0n) is 9.43. The Hall–Kier alpha value is -0.770. The molecular formula is C12H13Cl2NO2. The van der Waals surface area contributed by atoms with E-state index in [1.807, 2.05) is 6.92 Å². The van der Waals surface area contributed by atoms with Crippen molar-refractivity contribution in [3.63, 3.8) is 0 Å². The van der Waals surface area contributed by atoms with Crippen LogP contribution >= 0.6 is 23.2 Å². The highest BCUT2D eigenvalue weighted by Crippen LogP contribution is 2.35. The van der Waals surface area contributed by atoms with Crippen LogP contribution in [-0.2, 0) is 9.53 Å². The summed E-state index contributed by atoms with van der Waals surface area (Å²) in [6.45, 7) is 2.91. The van der Waals surface area contributed by atoms with Crippen molar-refractivity contribution in [1.29, 1.82) is 0 Å². The molecule has 3 nitrogen and oxygen atoms in total. The average molecular weight is 274 g/mol. The predicted molar refractivity (Wildman–Crippen MR) is 68.6 cm³/mol. The van der Waals surface area contributed by atoms with Gasteiger partial charge in [-0.2, -0.15) is 0 Å². The van der Waals surface area contributed by atoms with E-state index in [0.717, 1.165) is 6.42 Å². The van der Waals surface area contributed by atoms with Crippen molar-refractivity contribution in [2.24, 2.45) is 5.41 Å². The lowest BCUT2D eigenvalue weighted by Gasteiger charge is -2.39. The van der Waals surface area contributed by atoms with Gasteiger partial charge in [-0.15, -0.1) is 0 Å². The molecule has 5 heteroatoms. The molecule has 92 valence electrons. The molecule has 1 aromatic carbocycles. The minimum absolute atomic E-state index is 0.0598. The van der Waals surface area contributed by atoms with Gasteiger partial charge in [-0.1, -0.05) is 36.2 Å². The zero-order chi connectivity index (χ0) is 12.5. The molecule has 1 aliphatic rings. The van der Waals surface area contributed by atoms with Gasteiger partial charge in [0.15, 0.2) is 0 Å². The molecule has 0 radical (unpaired) electrons. The SMILES string of the molecule is CCC1(C(=O)Nc2cccc(Cl)c2Cl)COC1. The van der Waals surface area contributed by atoms with E-state index >= 15 is 0 Å². The third-order valence-corrected chi connectivity index (χ3v) is 3.93. The smallest absolute Gasteiger partial charge is 0.235 e. The molecule has 17 heavy (non-hydrogen) atoms. The third kappa shape index (κ3) is 2.28. The molecule has 0 spiro atoms. The van der Waals surface area contributed by atoms with Crippen LogP contribution in [0.4, 0.5) is 5.69 Å². The summed E-state index contributed by atoms with van der Waals surface area (Å²) < 4.78 is 5.12. The second kappa shape index (κ2) is 4.84. The minimum atomic E-state index is -0.411. The highest BCUT2D eigenvalue weighted by Gasteiger charge is 2.44. The van der Waals surface area contributed by atoms with Gasteiger partial charge in [-0.25, -0.2) is 0 Å². The van der Waals surface area contributed by atoms with Crippen LogP contribution in [0.3, 0.4) is 0 Å². The standard InChI is InChI=1S/C12H13Cl2NO2/c1-2-12(6-17-7-12)11(16)15-9-5-3-4-8(13)10(9)14/h3-5H,2,6-7H2,1H3,(H,15,16). The summed E-state index contributed by atoms with van der Waals surface area (Å²) in [6, 6.07) is 5.16. The number of rotatable bonds is 3. The molecule has 1 amide bonds. The van der Waals surface area contributed by atoms with Crippen LogP contribution in [0.1, 0.15) is 13.3 Å². The van der Waals surface area contributed by atoms with Crippen LogP contribution in [0.5, 0.6) is 0 Å². The molecule has 1 aromatic rings. The monoisotopic (exact) mass is 273 g/mol. The third-order valence-electron chi connectivity index (χ3n) is 3.11. The average Bonchev–Trinajstić information content (AvgIpc) is 2.24. The number of benzene rings is 1. The molecule has 0 unspecified atom stereocenters. The van der Waals surface area contributed by atoms with E-state index in [-0.39, 0.29) is 5.91 Å². The van der Waals surface area contributed by atoms with Crippen molar-refractivity contribution in [1.82, 2.24) is 0 Å². The molecule has 0 atom stereocenters. The van der Waals surface area contributed by atoms with Crippen molar-refractivity contribution >= 4 is 34.8 Å². The molecular weight excluding hydrogens is 261 g/mol. The summed E-state index contributed by atoms with van der Waals surface area (Å²) in [7, 11) is 0. The molecule has 0 saturated carbocycles. The topological polar surface area (TPSA) is 38.3 Å². The largest absolute Gasteiger partial charge is 0.379 e. The van der Waals surface area contributed by atoms with Gasteiger partial charge in [0.25, 0.3) is 0 Å². The maximum Gasteiger partial charge on any atom is 0.235 e. The van der Waals surface area contributed by atoms with Crippen LogP contribution < -0.4 is 5.32 Å². The summed E-state index contributed by atoms with van der Waals surface area (Å²) >= 11 is 11.9. The van der Waals surface area contributed by atoms with Crippen molar-refractivity contribution in [3.05, 3.63) is 28.2 Å². The number of ether oxygens (including phenoxy) is 1. The van der Waals surface area contributed by atoms with Gasteiger partial charge in [-0.3, -0.25) is 4.79 Å². The highest BCUT2D eigenvalue weighted by atomic mass is 35.5. The first-order chi connectivity index (χ1) is 8.09. The fraction of sp³-hybridized carbons (Fsp3) is 0.417. The number of nitrogens with one attached hydrogen (secondary N) is 1. The van der Waals surface area contributed by atoms with Crippen molar-refractivity contribution < 1.29 is 9.53 Å². The lowest BCUT2D eigenvalue weighted by Crippen LogP contribution is -2.51. The van der Waals surface area contributed by atoms with Gasteiger partial charge in [-0.05, 0) is 18.6 Å². The molecule has 0 aliphatic carbocycles. The van der Waals surface area contributed by atoms with Crippen LogP contribution in [0, 0.1) is 5.41 Å². The first kappa shape index (κ1) is 12.7. The number of amides is 1. The lowest BCUT2D eigenvalue weighted by atomic mass is 9.82. The van der Waals surface area contributed by atoms with E-state index < -0.39 is 5.41 Å². The molecule has 1 fully saturated rings. The Bertz CT molecular complexity index is 439. The Kier molecular flexibility index (Phi) is 3.61. The minimum Gasteiger partial charge on any atom is -0.379 e. The number of carbonyl (C=O) groups excluding carboxylic acids is 1. The molecule has 0 bridgehead atoms. The fourth-order valence-electron chi connectivity index (χ4n) is 1.70. The number of hydrogen-bond acceptors (Lipinski definition) is 2. The van der Waals surface area contributed by atoms with Gasteiger partial charge in [0.05, 0.1) is 34.4 Å². The van der Waals surface area contributed by atoms with Crippen LogP contribution in [-0.4, -0.2) is 19.1 Å². The summed E-state index contributed by atoms with van der Waals surface area (Å²) in [5.74, 6) is -0.0598. The van der Waals surface area contributed by atoms with Crippen LogP contribution in [0.2, 0.25) is 10.0 Å². The van der Waals surface area contributed by atoms with Crippen LogP contribution in [0.25, 0.3) is 0 Å². The van der Waals surface area contributed by atoms with E-state index in [1.54, 1.807) is 18.2 Å². The molecule has 1 heterocycles. The predicted octanol–water partition coefficient (Wildman–Crippen LogP) is 3.36. The Morgan fingerprint density at radius 2 is 2.18 bits per heavy atom. The molecule has 1 N–H and O–H groups in total. The first-order valence-corrected chi connectivity index (χ1v) is 6.18. The Morgan fingerprint density at radius 1 is 1.47 bits per heavy atom. The van der Waals surface area contributed by atoms with E-state index in [4.69, 9.17) is 27.9 Å². The molecule has 2 rings (SSSR count). The number of halogens is 2. The second-order valence-corrected chi connectivity index (χ2v) is 4.97. The number of carbonyl (C=O) groups is 1. The Balaban J connectivity index is 2.16. The normalized spacial score (nSPS) is 17.4. The second-order valence-electron chi connectivity index (χ2n) is 4.18. The van der Waals surface area contributed by atoms with Crippen molar-refractivity contribution in [3.8, 4) is 0 Å². The summed E-state index contributed by atoms with van der Waals surface area (Å²) in [5.41, 5.74) is 0.134. The summed E-state index contributed by atoms with van der Waals surface area (Å²) in [6.07, 6.45) is 0.747. The zero-order valence-corrected chi connectivity index (χ0v) is 10.9. The number of anilines is 1. The maximum absolute atomic E-state index is 12.1. The Morgan fingerprint density at radius 3 is 2.71 bits per heavy atom. The van der Waals surface area contributed by atoms with E-state index in [2.05, 4.69) is 5.32 Å². The molecule has 1 saturated heterocycles. The first-order valence-electron chi connectivity index (χ1n) is 5.42. The van der Waals surface area contributed by atoms with Crippen LogP contribution in [0.15, 0.2) is 18.2 Å². The summed E-state index contributed by atoms with van der Waals surface area (Å²) in [4.78, 5) is 12.1. The molecule has 0 aromatic heterocycles. The van der Waals surface area contributed by atoms with Gasteiger partial charge in [0.1, 0.15) is 0 Å². The maximum atomic E-state index is 12.1. The highest BCUT2D eigenvalue weighted by molar-refractivity contribution is 6.44. The van der Waals surface area contributed by atoms with E-state index in [1.165, 1.54) is 0 Å². The fourth-order valence-corrected chi connectivity index (χ4v) is 2.05. The van der Waals surface area contributed by atoms with Crippen molar-refractivity contribution in [2.75, 3.05) is 18.5 Å². The van der Waals surface area contributed by atoms with Crippen molar-refractivity contribution in [2.45, 2.75) is 13.3 Å². The van der Waals surface area contributed by atoms with E-state index in [0.29, 0.717) is 28.9 Å². The van der Waals surface area contributed by atoms with Gasteiger partial charge in [0, 0.05) is 0 Å². The van der Waals surface area contributed by atoms with E-state index in [9.17, 15) is 4.79 Å². The lowest BCUT2D eigenvalue weighted by molar-refractivity contribution is -0.156. The Labute approximate surface area is 110 Å². The van der Waals surface area contributed by atoms with Gasteiger partial charge in [0.2, 0.25) is 5.91 Å². The van der Waals surface area contributed by atoms with Gasteiger partial charge >= 0.3 is 0 Å². The number of hydrogen-bond donors (Lipinski definition) is 1. The quantitative estimate of drug-likeness (QED) is 0.917. The van der Waals surface area contributed by atoms with Gasteiger partial charge < -0.3 is 10.1 Å². The molecule has 1 aliphatic heterocycles.